The fourth-order valence-corrected chi connectivity index (χ4v) is 4.59. The molecule has 0 saturated heterocycles. The Morgan fingerprint density at radius 1 is 0.826 bits per heavy atom. The molecule has 0 atom stereocenters. The number of hydrogen-bond acceptors (Lipinski definition) is 7. The van der Waals surface area contributed by atoms with E-state index in [1.54, 1.807) is 30.3 Å². The van der Waals surface area contributed by atoms with E-state index in [0.717, 1.165) is 10.8 Å². The number of nitrogens with zero attached hydrogens (tertiary/aromatic N) is 5. The largest absolute Gasteiger partial charge is 0.500 e. The number of aryl methyl sites for hydroxylation is 2. The van der Waals surface area contributed by atoms with Crippen LogP contribution >= 0.6 is 0 Å². The summed E-state index contributed by atoms with van der Waals surface area (Å²) in [5.41, 5.74) is 4.01. The first-order chi connectivity index (χ1) is 24.0. The third-order valence-corrected chi connectivity index (χ3v) is 6.84. The van der Waals surface area contributed by atoms with Crippen LogP contribution in [0.5, 0.6) is 0 Å². The molecule has 0 unspecified atom stereocenters. The minimum Gasteiger partial charge on any atom is -0.500 e. The van der Waals surface area contributed by atoms with Crippen LogP contribution in [0.15, 0.2) is 88.0 Å². The van der Waals surface area contributed by atoms with Gasteiger partial charge in [0, 0.05) is 57.3 Å². The van der Waals surface area contributed by atoms with Gasteiger partial charge in [-0.3, -0.25) is 4.39 Å². The summed E-state index contributed by atoms with van der Waals surface area (Å²) in [4.78, 5) is 8.37. The zero-order valence-electron chi connectivity index (χ0n) is 30.8. The molecule has 1 radical (unpaired) electrons. The maximum atomic E-state index is 12.7. The normalized spacial score (nSPS) is 13.5. The molecule has 0 bridgehead atoms. The standard InChI is InChI=1S/C25H19N4O2.C12H9FN.Ir/c1-14-8-11-19(27-13-14)18-7-5-6-16-17-10-9-15(12-26)20(22(17)30-21(16)18)23-28-29-24(31-23)25(2,3)4;1-9-2-7-12(14-8-9)10-3-5-11(13)6-4-10;/h5-6,8-11,13H,1-4H3;2-3,5-8H,1H3;/q2*-1;/i2*1D3;. The predicted octanol–water partition coefficient (Wildman–Crippen LogP) is 8.97. The number of hydrogen-bond donors (Lipinski definition) is 0. The molecule has 3 aromatic carbocycles. The Morgan fingerprint density at radius 2 is 1.54 bits per heavy atom. The van der Waals surface area contributed by atoms with Crippen molar-refractivity contribution in [3.63, 3.8) is 0 Å². The summed E-state index contributed by atoms with van der Waals surface area (Å²) in [5, 5.41) is 19.7. The zero-order valence-corrected chi connectivity index (χ0v) is 27.2. The number of halogens is 1. The SMILES string of the molecule is [2H]C([2H])([2H])c1ccc(-c2[c-]cc(F)cc2)nc1.[2H]C([2H])([2H])c1ccc(-c2[c-]ccc3c2oc2c(-c4nnc(C(C)(C)C)o4)c(C#N)ccc23)nc1.[Ir]. The topological polar surface area (TPSA) is 102 Å². The summed E-state index contributed by atoms with van der Waals surface area (Å²) in [7, 11) is 0. The van der Waals surface area contributed by atoms with Crippen molar-refractivity contribution in [2.75, 3.05) is 0 Å². The molecule has 0 spiro atoms. The maximum Gasteiger partial charge on any atom is 0.252 e. The Kier molecular flexibility index (Phi) is 7.20. The van der Waals surface area contributed by atoms with Crippen molar-refractivity contribution in [1.82, 2.24) is 20.2 Å². The average molecular weight is 792 g/mol. The van der Waals surface area contributed by atoms with Gasteiger partial charge in [-0.2, -0.15) is 5.26 Å². The Labute approximate surface area is 287 Å². The third-order valence-electron chi connectivity index (χ3n) is 6.84. The number of benzene rings is 3. The van der Waals surface area contributed by atoms with E-state index in [4.69, 9.17) is 17.1 Å². The fourth-order valence-electron chi connectivity index (χ4n) is 4.59. The van der Waals surface area contributed by atoms with Crippen molar-refractivity contribution in [3.05, 3.63) is 120 Å². The molecule has 0 fully saturated rings. The van der Waals surface area contributed by atoms with E-state index in [0.29, 0.717) is 50.7 Å². The zero-order chi connectivity index (χ0) is 36.7. The van der Waals surface area contributed by atoms with Crippen molar-refractivity contribution in [3.8, 4) is 40.0 Å². The van der Waals surface area contributed by atoms with Crippen molar-refractivity contribution in [1.29, 1.82) is 5.26 Å². The van der Waals surface area contributed by atoms with Crippen molar-refractivity contribution in [2.45, 2.75) is 39.9 Å². The van der Waals surface area contributed by atoms with Gasteiger partial charge in [-0.15, -0.1) is 58.2 Å². The quantitative estimate of drug-likeness (QED) is 0.165. The van der Waals surface area contributed by atoms with E-state index in [1.807, 2.05) is 32.9 Å². The molecule has 9 heteroatoms. The molecule has 4 aromatic heterocycles. The third kappa shape index (κ3) is 6.50. The van der Waals surface area contributed by atoms with Crippen LogP contribution in [0, 0.1) is 43.0 Å². The molecule has 4 heterocycles. The van der Waals surface area contributed by atoms with Crippen LogP contribution in [-0.2, 0) is 25.5 Å². The molecule has 7 nitrogen and oxygen atoms in total. The van der Waals surface area contributed by atoms with Crippen LogP contribution in [0.2, 0.25) is 0 Å². The van der Waals surface area contributed by atoms with Gasteiger partial charge in [0.2, 0.25) is 5.89 Å². The van der Waals surface area contributed by atoms with E-state index in [1.165, 1.54) is 36.7 Å². The summed E-state index contributed by atoms with van der Waals surface area (Å²) < 4.78 is 69.2. The minimum absolute atomic E-state index is 0. The summed E-state index contributed by atoms with van der Waals surface area (Å²) in [5.74, 6) is 0.289. The molecule has 46 heavy (non-hydrogen) atoms. The molecule has 0 aliphatic rings. The van der Waals surface area contributed by atoms with Gasteiger partial charge in [-0.1, -0.05) is 62.1 Å². The Morgan fingerprint density at radius 3 is 2.13 bits per heavy atom. The Bertz CT molecular complexity index is 2390. The van der Waals surface area contributed by atoms with Crippen LogP contribution in [-0.4, -0.2) is 20.2 Å². The predicted molar refractivity (Wildman–Crippen MR) is 170 cm³/mol. The van der Waals surface area contributed by atoms with Crippen molar-refractivity contribution < 1.29 is 41.6 Å². The van der Waals surface area contributed by atoms with Crippen molar-refractivity contribution >= 4 is 21.9 Å². The van der Waals surface area contributed by atoms with Gasteiger partial charge in [0.05, 0.1) is 16.7 Å². The summed E-state index contributed by atoms with van der Waals surface area (Å²) in [6.07, 6.45) is 2.64. The number of furan rings is 1. The van der Waals surface area contributed by atoms with Crippen LogP contribution < -0.4 is 0 Å². The molecule has 0 amide bonds. The van der Waals surface area contributed by atoms with Crippen molar-refractivity contribution in [2.24, 2.45) is 0 Å². The molecule has 231 valence electrons. The van der Waals surface area contributed by atoms with E-state index in [2.05, 4.69) is 38.4 Å². The minimum atomic E-state index is -2.24. The average Bonchev–Trinajstić information content (AvgIpc) is 3.74. The van der Waals surface area contributed by atoms with Crippen LogP contribution in [0.1, 0.15) is 51.6 Å². The van der Waals surface area contributed by atoms with E-state index < -0.39 is 13.7 Å². The molecular formula is C37H28FIrN5O2-2. The van der Waals surface area contributed by atoms with Crippen LogP contribution in [0.25, 0.3) is 55.9 Å². The molecule has 7 aromatic rings. The number of fused-ring (bicyclic) bond motifs is 3. The number of rotatable bonds is 3. The number of nitriles is 1. The Hall–Kier alpha value is -5.03. The fraction of sp³-hybridized carbons (Fsp3) is 0.162. The Balaban J connectivity index is 0.000000245. The summed E-state index contributed by atoms with van der Waals surface area (Å²) in [6, 6.07) is 25.5. The molecule has 7 rings (SSSR count). The molecule has 0 aliphatic heterocycles. The number of aromatic nitrogens is 4. The van der Waals surface area contributed by atoms with Crippen LogP contribution in [0.4, 0.5) is 4.39 Å². The van der Waals surface area contributed by atoms with E-state index in [-0.39, 0.29) is 48.4 Å². The van der Waals surface area contributed by atoms with Gasteiger partial charge in [-0.05, 0) is 42.3 Å². The summed E-state index contributed by atoms with van der Waals surface area (Å²) in [6.45, 7) is 1.49. The van der Waals surface area contributed by atoms with Gasteiger partial charge >= 0.3 is 0 Å². The molecular weight excluding hydrogens is 758 g/mol. The van der Waals surface area contributed by atoms with Gasteiger partial charge < -0.3 is 18.8 Å². The molecule has 0 aliphatic carbocycles. The first-order valence-corrected chi connectivity index (χ1v) is 13.8. The van der Waals surface area contributed by atoms with Crippen LogP contribution in [0.3, 0.4) is 0 Å². The molecule has 0 N–H and O–H groups in total. The van der Waals surface area contributed by atoms with E-state index in [9.17, 15) is 9.65 Å². The van der Waals surface area contributed by atoms with Gasteiger partial charge in [0.25, 0.3) is 5.89 Å². The second-order valence-electron chi connectivity index (χ2n) is 11.1. The molecule has 0 saturated carbocycles. The monoisotopic (exact) mass is 792 g/mol. The first kappa shape index (κ1) is 25.2. The maximum absolute atomic E-state index is 12.7. The van der Waals surface area contributed by atoms with E-state index >= 15 is 0 Å². The first-order valence-electron chi connectivity index (χ1n) is 16.8. The second kappa shape index (κ2) is 13.1. The van der Waals surface area contributed by atoms with Gasteiger partial charge in [0.1, 0.15) is 11.7 Å². The second-order valence-corrected chi connectivity index (χ2v) is 11.1. The smallest absolute Gasteiger partial charge is 0.252 e. The number of pyridine rings is 2. The van der Waals surface area contributed by atoms with Gasteiger partial charge in [0.15, 0.2) is 0 Å². The summed E-state index contributed by atoms with van der Waals surface area (Å²) >= 11 is 0. The van der Waals surface area contributed by atoms with Gasteiger partial charge in [-0.25, -0.2) is 0 Å².